The highest BCUT2D eigenvalue weighted by Crippen LogP contribution is 2.28. The number of halogens is 1. The minimum absolute atomic E-state index is 0.146. The summed E-state index contributed by atoms with van der Waals surface area (Å²) in [5.74, 6) is 0.131. The zero-order valence-corrected chi connectivity index (χ0v) is 15.3. The lowest BCUT2D eigenvalue weighted by Gasteiger charge is -2.10. The van der Waals surface area contributed by atoms with Gasteiger partial charge >= 0.3 is 0 Å². The first kappa shape index (κ1) is 18.9. The van der Waals surface area contributed by atoms with Crippen LogP contribution in [0.15, 0.2) is 40.9 Å². The number of benzene rings is 2. The Labute approximate surface area is 153 Å². The Morgan fingerprint density at radius 2 is 2.00 bits per heavy atom. The lowest BCUT2D eigenvalue weighted by atomic mass is 10.1. The standard InChI is InChI=1S/C17H17BrN2O5/c1-11-3-5-14(15(9-11)20(22)23)19-17(21)12-4-6-16(13(18)10-12)25-8-7-24-2/h3-6,9-10H,7-8H2,1-2H3,(H,19,21). The van der Waals surface area contributed by atoms with Gasteiger partial charge in [-0.05, 0) is 52.7 Å². The average molecular weight is 409 g/mol. The molecule has 0 aliphatic carbocycles. The number of carbonyl (C=O) groups is 1. The van der Waals surface area contributed by atoms with Crippen molar-refractivity contribution < 1.29 is 19.2 Å². The highest BCUT2D eigenvalue weighted by molar-refractivity contribution is 9.10. The summed E-state index contributed by atoms with van der Waals surface area (Å²) in [5, 5.41) is 13.7. The molecule has 7 nitrogen and oxygen atoms in total. The van der Waals surface area contributed by atoms with Crippen LogP contribution in [0.2, 0.25) is 0 Å². The molecule has 2 aromatic rings. The van der Waals surface area contributed by atoms with Gasteiger partial charge in [-0.25, -0.2) is 0 Å². The molecule has 1 N–H and O–H groups in total. The fraction of sp³-hybridized carbons (Fsp3) is 0.235. The summed E-state index contributed by atoms with van der Waals surface area (Å²) in [5.41, 5.74) is 1.09. The first-order valence-corrected chi connectivity index (χ1v) is 8.19. The molecule has 0 heterocycles. The molecule has 8 heteroatoms. The van der Waals surface area contributed by atoms with Gasteiger partial charge in [0.2, 0.25) is 0 Å². The number of carbonyl (C=O) groups excluding carboxylic acids is 1. The van der Waals surface area contributed by atoms with Crippen LogP contribution in [0.4, 0.5) is 11.4 Å². The topological polar surface area (TPSA) is 90.7 Å². The summed E-state index contributed by atoms with van der Waals surface area (Å²) < 4.78 is 11.0. The second kappa shape index (κ2) is 8.59. The number of nitro benzene ring substituents is 1. The summed E-state index contributed by atoms with van der Waals surface area (Å²) in [6.07, 6.45) is 0. The Hall–Kier alpha value is -2.45. The minimum Gasteiger partial charge on any atom is -0.490 e. The number of amides is 1. The normalized spacial score (nSPS) is 10.4. The molecule has 0 bridgehead atoms. The van der Waals surface area contributed by atoms with Crippen molar-refractivity contribution in [3.05, 3.63) is 62.1 Å². The first-order valence-electron chi connectivity index (χ1n) is 7.40. The maximum Gasteiger partial charge on any atom is 0.293 e. The fourth-order valence-corrected chi connectivity index (χ4v) is 2.58. The lowest BCUT2D eigenvalue weighted by Crippen LogP contribution is -2.13. The Balaban J connectivity index is 2.16. The number of rotatable bonds is 7. The van der Waals surface area contributed by atoms with E-state index in [2.05, 4.69) is 21.2 Å². The molecule has 0 atom stereocenters. The molecule has 0 saturated carbocycles. The Bertz CT molecular complexity index is 795. The van der Waals surface area contributed by atoms with Crippen molar-refractivity contribution in [3.8, 4) is 5.75 Å². The molecule has 0 unspecified atom stereocenters. The maximum absolute atomic E-state index is 12.4. The summed E-state index contributed by atoms with van der Waals surface area (Å²) in [6.45, 7) is 2.58. The highest BCUT2D eigenvalue weighted by Gasteiger charge is 2.17. The zero-order valence-electron chi connectivity index (χ0n) is 13.7. The van der Waals surface area contributed by atoms with E-state index in [0.29, 0.717) is 29.0 Å². The summed E-state index contributed by atoms with van der Waals surface area (Å²) >= 11 is 3.35. The van der Waals surface area contributed by atoms with E-state index in [9.17, 15) is 14.9 Å². The van der Waals surface area contributed by atoms with Crippen molar-refractivity contribution in [2.75, 3.05) is 25.6 Å². The van der Waals surface area contributed by atoms with Gasteiger partial charge in [0.05, 0.1) is 16.0 Å². The monoisotopic (exact) mass is 408 g/mol. The molecular formula is C17H17BrN2O5. The maximum atomic E-state index is 12.4. The number of hydrogen-bond acceptors (Lipinski definition) is 5. The molecule has 2 aromatic carbocycles. The number of methoxy groups -OCH3 is 1. The van der Waals surface area contributed by atoms with Crippen LogP contribution < -0.4 is 10.1 Å². The van der Waals surface area contributed by atoms with E-state index in [1.807, 2.05) is 0 Å². The van der Waals surface area contributed by atoms with Gasteiger partial charge in [0.15, 0.2) is 0 Å². The molecule has 0 aliphatic rings. The summed E-state index contributed by atoms with van der Waals surface area (Å²) in [4.78, 5) is 23.0. The van der Waals surface area contributed by atoms with Gasteiger partial charge in [0.1, 0.15) is 18.0 Å². The van der Waals surface area contributed by atoms with E-state index in [-0.39, 0.29) is 11.4 Å². The zero-order chi connectivity index (χ0) is 18.4. The fourth-order valence-electron chi connectivity index (χ4n) is 2.09. The van der Waals surface area contributed by atoms with Crippen LogP contribution in [0.1, 0.15) is 15.9 Å². The van der Waals surface area contributed by atoms with Gasteiger partial charge in [-0.1, -0.05) is 6.07 Å². The van der Waals surface area contributed by atoms with Crippen molar-refractivity contribution in [1.82, 2.24) is 0 Å². The third kappa shape index (κ3) is 5.01. The van der Waals surface area contributed by atoms with Crippen LogP contribution in [-0.2, 0) is 4.74 Å². The molecule has 0 radical (unpaired) electrons. The van der Waals surface area contributed by atoms with Crippen LogP contribution in [0, 0.1) is 17.0 Å². The van der Waals surface area contributed by atoms with Crippen molar-refractivity contribution in [2.24, 2.45) is 0 Å². The predicted molar refractivity (Wildman–Crippen MR) is 97.3 cm³/mol. The third-order valence-electron chi connectivity index (χ3n) is 3.34. The lowest BCUT2D eigenvalue weighted by molar-refractivity contribution is -0.384. The van der Waals surface area contributed by atoms with Gasteiger partial charge < -0.3 is 14.8 Å². The van der Waals surface area contributed by atoms with Crippen LogP contribution in [-0.4, -0.2) is 31.2 Å². The molecule has 0 fully saturated rings. The minimum atomic E-state index is -0.523. The van der Waals surface area contributed by atoms with E-state index >= 15 is 0 Å². The predicted octanol–water partition coefficient (Wildman–Crippen LogP) is 3.94. The van der Waals surface area contributed by atoms with Crippen molar-refractivity contribution in [3.63, 3.8) is 0 Å². The van der Waals surface area contributed by atoms with Crippen molar-refractivity contribution >= 4 is 33.2 Å². The number of ether oxygens (including phenoxy) is 2. The van der Waals surface area contributed by atoms with Crippen LogP contribution >= 0.6 is 15.9 Å². The van der Waals surface area contributed by atoms with Crippen LogP contribution in [0.25, 0.3) is 0 Å². The molecular weight excluding hydrogens is 392 g/mol. The quantitative estimate of drug-likeness (QED) is 0.425. The highest BCUT2D eigenvalue weighted by atomic mass is 79.9. The van der Waals surface area contributed by atoms with E-state index in [0.717, 1.165) is 5.56 Å². The van der Waals surface area contributed by atoms with Gasteiger partial charge in [0, 0.05) is 18.7 Å². The Kier molecular flexibility index (Phi) is 6.49. The molecule has 0 aromatic heterocycles. The van der Waals surface area contributed by atoms with Gasteiger partial charge in [-0.3, -0.25) is 14.9 Å². The first-order chi connectivity index (χ1) is 11.9. The summed E-state index contributed by atoms with van der Waals surface area (Å²) in [7, 11) is 1.58. The van der Waals surface area contributed by atoms with Crippen LogP contribution in [0.3, 0.4) is 0 Å². The number of hydrogen-bond donors (Lipinski definition) is 1. The van der Waals surface area contributed by atoms with Crippen molar-refractivity contribution in [1.29, 1.82) is 0 Å². The second-order valence-corrected chi connectivity index (χ2v) is 6.07. The van der Waals surface area contributed by atoms with E-state index < -0.39 is 10.8 Å². The average Bonchev–Trinajstić information content (AvgIpc) is 2.57. The SMILES string of the molecule is COCCOc1ccc(C(=O)Nc2ccc(C)cc2[N+](=O)[O-])cc1Br. The number of aryl methyl sites for hydroxylation is 1. The number of nitrogens with zero attached hydrogens (tertiary/aromatic N) is 1. The van der Waals surface area contributed by atoms with Gasteiger partial charge in [-0.15, -0.1) is 0 Å². The second-order valence-electron chi connectivity index (χ2n) is 5.22. The number of nitro groups is 1. The third-order valence-corrected chi connectivity index (χ3v) is 3.96. The molecule has 0 saturated heterocycles. The van der Waals surface area contributed by atoms with Crippen LogP contribution in [0.5, 0.6) is 5.75 Å². The van der Waals surface area contributed by atoms with Crippen molar-refractivity contribution in [2.45, 2.75) is 6.92 Å². The number of anilines is 1. The summed E-state index contributed by atoms with van der Waals surface area (Å²) in [6, 6.07) is 9.46. The van der Waals surface area contributed by atoms with Gasteiger partial charge in [-0.2, -0.15) is 0 Å². The Morgan fingerprint density at radius 3 is 2.64 bits per heavy atom. The van der Waals surface area contributed by atoms with E-state index in [1.54, 1.807) is 38.3 Å². The molecule has 0 spiro atoms. The van der Waals surface area contributed by atoms with E-state index in [1.165, 1.54) is 12.1 Å². The molecule has 2 rings (SSSR count). The molecule has 0 aliphatic heterocycles. The Morgan fingerprint density at radius 1 is 1.24 bits per heavy atom. The largest absolute Gasteiger partial charge is 0.490 e. The smallest absolute Gasteiger partial charge is 0.293 e. The molecule has 1 amide bonds. The van der Waals surface area contributed by atoms with Gasteiger partial charge in [0.25, 0.3) is 11.6 Å². The van der Waals surface area contributed by atoms with E-state index in [4.69, 9.17) is 9.47 Å². The molecule has 25 heavy (non-hydrogen) atoms. The molecule has 132 valence electrons. The number of nitrogens with one attached hydrogen (secondary N) is 1.